The van der Waals surface area contributed by atoms with E-state index in [0.717, 1.165) is 58.6 Å². The maximum Gasteiger partial charge on any atom is 0.159 e. The van der Waals surface area contributed by atoms with Crippen LogP contribution in [0.3, 0.4) is 0 Å². The van der Waals surface area contributed by atoms with E-state index in [1.165, 1.54) is 0 Å². The molecule has 0 bridgehead atoms. The highest BCUT2D eigenvalue weighted by molar-refractivity contribution is 9.10. The van der Waals surface area contributed by atoms with Gasteiger partial charge in [0.15, 0.2) is 5.82 Å². The molecule has 0 saturated carbocycles. The van der Waals surface area contributed by atoms with Crippen LogP contribution in [0.5, 0.6) is 5.75 Å². The van der Waals surface area contributed by atoms with Gasteiger partial charge in [0.25, 0.3) is 0 Å². The average molecular weight is 348 g/mol. The fraction of sp³-hybridized carbons (Fsp3) is 0.375. The van der Waals surface area contributed by atoms with Crippen molar-refractivity contribution in [3.63, 3.8) is 0 Å². The molecular formula is C16H18BrN3O. The summed E-state index contributed by atoms with van der Waals surface area (Å²) in [7, 11) is 1.65. The van der Waals surface area contributed by atoms with Crippen LogP contribution >= 0.6 is 15.9 Å². The Bertz CT molecular complexity index is 660. The van der Waals surface area contributed by atoms with Crippen molar-refractivity contribution in [2.45, 2.75) is 31.7 Å². The Balaban J connectivity index is 2.00. The fourth-order valence-corrected chi connectivity index (χ4v) is 3.23. The number of nitrogens with zero attached hydrogens (tertiary/aromatic N) is 2. The number of fused-ring (bicyclic) bond motifs is 1. The lowest BCUT2D eigenvalue weighted by Crippen LogP contribution is -2.12. The molecule has 2 N–H and O–H groups in total. The number of rotatable bonds is 2. The van der Waals surface area contributed by atoms with Gasteiger partial charge in [-0.1, -0.05) is 6.42 Å². The number of halogens is 1. The highest BCUT2D eigenvalue weighted by Crippen LogP contribution is 2.31. The molecule has 1 atom stereocenters. The Hall–Kier alpha value is -1.46. The molecule has 1 aromatic heterocycles. The van der Waals surface area contributed by atoms with E-state index in [1.807, 2.05) is 24.4 Å². The Labute approximate surface area is 132 Å². The van der Waals surface area contributed by atoms with Gasteiger partial charge in [-0.2, -0.15) is 0 Å². The van der Waals surface area contributed by atoms with Crippen molar-refractivity contribution in [2.75, 3.05) is 7.11 Å². The first-order chi connectivity index (χ1) is 10.2. The summed E-state index contributed by atoms with van der Waals surface area (Å²) in [6, 6.07) is 5.94. The zero-order valence-electron chi connectivity index (χ0n) is 12.0. The number of hydrogen-bond donors (Lipinski definition) is 1. The van der Waals surface area contributed by atoms with Crippen LogP contribution in [-0.2, 0) is 6.42 Å². The summed E-state index contributed by atoms with van der Waals surface area (Å²) in [6.45, 7) is 0. The highest BCUT2D eigenvalue weighted by Gasteiger charge is 2.18. The van der Waals surface area contributed by atoms with Crippen LogP contribution in [0.1, 0.15) is 36.6 Å². The van der Waals surface area contributed by atoms with E-state index in [9.17, 15) is 0 Å². The van der Waals surface area contributed by atoms with Gasteiger partial charge < -0.3 is 10.5 Å². The molecule has 1 aromatic carbocycles. The number of aryl methyl sites for hydroxylation is 1. The number of benzene rings is 1. The summed E-state index contributed by atoms with van der Waals surface area (Å²) in [5.41, 5.74) is 9.36. The Morgan fingerprint density at radius 1 is 1.33 bits per heavy atom. The minimum absolute atomic E-state index is 0.0687. The molecule has 1 aliphatic rings. The quantitative estimate of drug-likeness (QED) is 0.842. The molecule has 0 spiro atoms. The minimum Gasteiger partial charge on any atom is -0.496 e. The van der Waals surface area contributed by atoms with Crippen molar-refractivity contribution in [1.82, 2.24) is 9.97 Å². The highest BCUT2D eigenvalue weighted by atomic mass is 79.9. The molecule has 110 valence electrons. The standard InChI is InChI=1S/C16H18BrN3O/c1-21-15-7-6-10(8-12(15)17)16-19-9-11-13(18)4-2-3-5-14(11)20-16/h6-9,13H,2-5,18H2,1H3. The van der Waals surface area contributed by atoms with Gasteiger partial charge in [-0.3, -0.25) is 0 Å². The second-order valence-corrected chi connectivity index (χ2v) is 6.15. The van der Waals surface area contributed by atoms with Gasteiger partial charge >= 0.3 is 0 Å². The van der Waals surface area contributed by atoms with Crippen molar-refractivity contribution < 1.29 is 4.74 Å². The normalized spacial score (nSPS) is 18.0. The largest absolute Gasteiger partial charge is 0.496 e. The fourth-order valence-electron chi connectivity index (χ4n) is 2.69. The second-order valence-electron chi connectivity index (χ2n) is 5.30. The van der Waals surface area contributed by atoms with Gasteiger partial charge in [0.05, 0.1) is 11.6 Å². The number of ether oxygens (including phenoxy) is 1. The van der Waals surface area contributed by atoms with Gasteiger partial charge in [0.2, 0.25) is 0 Å². The smallest absolute Gasteiger partial charge is 0.159 e. The van der Waals surface area contributed by atoms with Gasteiger partial charge in [-0.05, 0) is 53.4 Å². The average Bonchev–Trinajstić information content (AvgIpc) is 2.68. The SMILES string of the molecule is COc1ccc(-c2ncc3c(n2)CCCCC3N)cc1Br. The summed E-state index contributed by atoms with van der Waals surface area (Å²) in [5, 5.41) is 0. The van der Waals surface area contributed by atoms with Crippen molar-refractivity contribution in [2.24, 2.45) is 5.73 Å². The molecule has 0 radical (unpaired) electrons. The van der Waals surface area contributed by atoms with E-state index in [1.54, 1.807) is 7.11 Å². The molecule has 1 unspecified atom stereocenters. The van der Waals surface area contributed by atoms with Gasteiger partial charge in [-0.15, -0.1) is 0 Å². The first kappa shape index (κ1) is 14.5. The number of aromatic nitrogens is 2. The van der Waals surface area contributed by atoms with Crippen molar-refractivity contribution in [1.29, 1.82) is 0 Å². The second kappa shape index (κ2) is 6.12. The van der Waals surface area contributed by atoms with E-state index >= 15 is 0 Å². The lowest BCUT2D eigenvalue weighted by molar-refractivity contribution is 0.412. The van der Waals surface area contributed by atoms with Crippen LogP contribution in [0.25, 0.3) is 11.4 Å². The predicted octanol–water partition coefficient (Wildman–Crippen LogP) is 3.64. The Morgan fingerprint density at radius 2 is 2.19 bits per heavy atom. The van der Waals surface area contributed by atoms with Crippen molar-refractivity contribution >= 4 is 15.9 Å². The van der Waals surface area contributed by atoms with E-state index in [0.29, 0.717) is 0 Å². The monoisotopic (exact) mass is 347 g/mol. The zero-order chi connectivity index (χ0) is 14.8. The summed E-state index contributed by atoms with van der Waals surface area (Å²) in [4.78, 5) is 9.24. The predicted molar refractivity (Wildman–Crippen MR) is 86.2 cm³/mol. The van der Waals surface area contributed by atoms with E-state index < -0.39 is 0 Å². The van der Waals surface area contributed by atoms with Crippen LogP contribution in [0.4, 0.5) is 0 Å². The van der Waals surface area contributed by atoms with E-state index in [-0.39, 0.29) is 6.04 Å². The molecule has 2 aromatic rings. The maximum atomic E-state index is 6.19. The molecule has 5 heteroatoms. The number of hydrogen-bond acceptors (Lipinski definition) is 4. The van der Waals surface area contributed by atoms with Crippen molar-refractivity contribution in [3.05, 3.63) is 40.1 Å². The Morgan fingerprint density at radius 3 is 2.95 bits per heavy atom. The molecule has 21 heavy (non-hydrogen) atoms. The lowest BCUT2D eigenvalue weighted by atomic mass is 10.1. The lowest BCUT2D eigenvalue weighted by Gasteiger charge is -2.12. The van der Waals surface area contributed by atoms with Gasteiger partial charge in [-0.25, -0.2) is 9.97 Å². The van der Waals surface area contributed by atoms with Gasteiger partial charge in [0.1, 0.15) is 5.75 Å². The minimum atomic E-state index is 0.0687. The van der Waals surface area contributed by atoms with Crippen LogP contribution in [-0.4, -0.2) is 17.1 Å². The Kier molecular flexibility index (Phi) is 4.22. The molecule has 0 saturated heterocycles. The first-order valence-corrected chi connectivity index (χ1v) is 7.93. The molecule has 0 aliphatic heterocycles. The molecule has 0 fully saturated rings. The molecule has 4 nitrogen and oxygen atoms in total. The summed E-state index contributed by atoms with van der Waals surface area (Å²) >= 11 is 3.50. The van der Waals surface area contributed by atoms with Crippen molar-refractivity contribution in [3.8, 4) is 17.1 Å². The topological polar surface area (TPSA) is 61.0 Å². The van der Waals surface area contributed by atoms with E-state index in [2.05, 4.69) is 20.9 Å². The molecule has 3 rings (SSSR count). The third-order valence-electron chi connectivity index (χ3n) is 3.89. The van der Waals surface area contributed by atoms with E-state index in [4.69, 9.17) is 15.5 Å². The summed E-state index contributed by atoms with van der Waals surface area (Å²) < 4.78 is 6.15. The van der Waals surface area contributed by atoms with Crippen LogP contribution < -0.4 is 10.5 Å². The first-order valence-electron chi connectivity index (χ1n) is 7.14. The number of methoxy groups -OCH3 is 1. The van der Waals surface area contributed by atoms with Crippen LogP contribution in [0, 0.1) is 0 Å². The van der Waals surface area contributed by atoms with Crippen LogP contribution in [0.2, 0.25) is 0 Å². The third kappa shape index (κ3) is 2.94. The summed E-state index contributed by atoms with van der Waals surface area (Å²) in [5.74, 6) is 1.54. The maximum absolute atomic E-state index is 6.19. The molecule has 1 aliphatic carbocycles. The third-order valence-corrected chi connectivity index (χ3v) is 4.51. The molecule has 1 heterocycles. The van der Waals surface area contributed by atoms with Crippen LogP contribution in [0.15, 0.2) is 28.9 Å². The molecular weight excluding hydrogens is 330 g/mol. The molecule has 0 amide bonds. The number of nitrogens with two attached hydrogens (primary N) is 1. The zero-order valence-corrected chi connectivity index (χ0v) is 13.6. The summed E-state index contributed by atoms with van der Waals surface area (Å²) in [6.07, 6.45) is 6.19. The van der Waals surface area contributed by atoms with Gasteiger partial charge in [0, 0.05) is 29.1 Å².